The monoisotopic (exact) mass is 453 g/mol. The van der Waals surface area contributed by atoms with E-state index in [1.807, 2.05) is 12.3 Å². The first-order chi connectivity index (χ1) is 16.7. The van der Waals surface area contributed by atoms with Crippen molar-refractivity contribution in [1.29, 1.82) is 0 Å². The second-order valence-corrected chi connectivity index (χ2v) is 9.98. The number of benzene rings is 1. The summed E-state index contributed by atoms with van der Waals surface area (Å²) in [5.41, 5.74) is 4.08. The molecule has 0 unspecified atom stereocenters. The van der Waals surface area contributed by atoms with Gasteiger partial charge in [0.25, 0.3) is 0 Å². The van der Waals surface area contributed by atoms with E-state index in [0.717, 1.165) is 66.2 Å². The zero-order valence-electron chi connectivity index (χ0n) is 19.4. The van der Waals surface area contributed by atoms with E-state index in [0.29, 0.717) is 5.92 Å². The molecule has 0 spiro atoms. The van der Waals surface area contributed by atoms with Crippen molar-refractivity contribution in [1.82, 2.24) is 19.5 Å². The number of rotatable bonds is 8. The second-order valence-electron chi connectivity index (χ2n) is 9.98. The molecule has 2 N–H and O–H groups in total. The molecule has 0 saturated heterocycles. The Hall–Kier alpha value is -3.25. The first-order valence-electron chi connectivity index (χ1n) is 12.4. The molecule has 0 radical (unpaired) electrons. The number of hydrogen-bond acceptors (Lipinski definition) is 5. The number of aryl methyl sites for hydroxylation is 1. The van der Waals surface area contributed by atoms with Crippen LogP contribution in [-0.2, 0) is 6.42 Å². The number of aromatic nitrogens is 4. The average molecular weight is 454 g/mol. The molecule has 0 aliphatic heterocycles. The quantitative estimate of drug-likeness (QED) is 0.374. The van der Waals surface area contributed by atoms with Crippen LogP contribution in [0.4, 0.5) is 5.82 Å². The summed E-state index contributed by atoms with van der Waals surface area (Å²) in [7, 11) is 0. The highest BCUT2D eigenvalue weighted by Gasteiger charge is 2.34. The normalized spacial score (nSPS) is 22.4. The van der Waals surface area contributed by atoms with Crippen molar-refractivity contribution in [2.24, 2.45) is 11.8 Å². The fourth-order valence-corrected chi connectivity index (χ4v) is 5.41. The van der Waals surface area contributed by atoms with Crippen LogP contribution in [-0.4, -0.2) is 37.3 Å². The van der Waals surface area contributed by atoms with Gasteiger partial charge in [0.15, 0.2) is 0 Å². The van der Waals surface area contributed by atoms with E-state index in [9.17, 15) is 5.11 Å². The van der Waals surface area contributed by atoms with Gasteiger partial charge in [-0.1, -0.05) is 18.7 Å². The van der Waals surface area contributed by atoms with Gasteiger partial charge in [0.2, 0.25) is 0 Å². The number of pyridine rings is 1. The van der Waals surface area contributed by atoms with E-state index in [2.05, 4.69) is 56.8 Å². The third-order valence-corrected chi connectivity index (χ3v) is 7.55. The van der Waals surface area contributed by atoms with Crippen molar-refractivity contribution in [2.45, 2.75) is 50.7 Å². The van der Waals surface area contributed by atoms with Crippen molar-refractivity contribution in [3.63, 3.8) is 0 Å². The summed E-state index contributed by atoms with van der Waals surface area (Å²) in [6, 6.07) is 12.9. The van der Waals surface area contributed by atoms with Crippen molar-refractivity contribution < 1.29 is 5.11 Å². The molecule has 6 rings (SSSR count). The van der Waals surface area contributed by atoms with Gasteiger partial charge in [-0.3, -0.25) is 0 Å². The minimum Gasteiger partial charge on any atom is -0.391 e. The van der Waals surface area contributed by atoms with Gasteiger partial charge in [0.05, 0.1) is 23.4 Å². The van der Waals surface area contributed by atoms with E-state index in [1.165, 1.54) is 23.8 Å². The Labute approximate surface area is 199 Å². The van der Waals surface area contributed by atoms with Crippen LogP contribution < -0.4 is 5.32 Å². The lowest BCUT2D eigenvalue weighted by atomic mass is 9.97. The van der Waals surface area contributed by atoms with Crippen LogP contribution in [0.25, 0.3) is 28.0 Å². The zero-order valence-corrected chi connectivity index (χ0v) is 19.4. The SMILES string of the molecule is C=Cc1ncnc2c1ccn2[C@@H]1C[C@H](CCc2ccc3ccc(NCC4CC4)nc3c2)C[C@H]1O. The predicted molar refractivity (Wildman–Crippen MR) is 137 cm³/mol. The van der Waals surface area contributed by atoms with Gasteiger partial charge in [-0.05, 0) is 86.3 Å². The maximum absolute atomic E-state index is 10.9. The van der Waals surface area contributed by atoms with Crippen LogP contribution in [0, 0.1) is 11.8 Å². The Bertz CT molecular complexity index is 1340. The molecule has 0 bridgehead atoms. The van der Waals surface area contributed by atoms with Crippen molar-refractivity contribution >= 4 is 33.8 Å². The summed E-state index contributed by atoms with van der Waals surface area (Å²) in [6.07, 6.45) is 11.5. The van der Waals surface area contributed by atoms with Gasteiger partial charge in [-0.25, -0.2) is 15.0 Å². The lowest BCUT2D eigenvalue weighted by Gasteiger charge is -2.17. The van der Waals surface area contributed by atoms with Crippen LogP contribution in [0.3, 0.4) is 0 Å². The van der Waals surface area contributed by atoms with Crippen LogP contribution >= 0.6 is 0 Å². The van der Waals surface area contributed by atoms with Gasteiger partial charge in [-0.2, -0.15) is 0 Å². The van der Waals surface area contributed by atoms with Crippen molar-refractivity contribution in [3.05, 3.63) is 66.8 Å². The smallest absolute Gasteiger partial charge is 0.144 e. The fraction of sp³-hybridized carbons (Fsp3) is 0.393. The zero-order chi connectivity index (χ0) is 23.1. The number of aliphatic hydroxyl groups excluding tert-OH is 1. The van der Waals surface area contributed by atoms with E-state index in [4.69, 9.17) is 4.98 Å². The predicted octanol–water partition coefficient (Wildman–Crippen LogP) is 5.39. The minimum absolute atomic E-state index is 0.0495. The average Bonchev–Trinajstić information content (AvgIpc) is 3.48. The molecule has 2 aliphatic carbocycles. The lowest BCUT2D eigenvalue weighted by Crippen LogP contribution is -2.17. The first kappa shape index (κ1) is 21.3. The first-order valence-corrected chi connectivity index (χ1v) is 12.4. The summed E-state index contributed by atoms with van der Waals surface area (Å²) in [5.74, 6) is 2.28. The summed E-state index contributed by atoms with van der Waals surface area (Å²) >= 11 is 0. The van der Waals surface area contributed by atoms with Crippen LogP contribution in [0.5, 0.6) is 0 Å². The standard InChI is InChI=1S/C28H31N5O/c1-2-23-22-11-12-33(28(22)31-17-30-23)25-14-20(15-26(25)34)6-3-18-7-8-21-9-10-27(32-24(21)13-18)29-16-19-4-5-19/h2,7-13,17,19-20,25-26,34H,1,3-6,14-16H2,(H,29,32)/t20-,25+,26+/m0/s1. The Balaban J connectivity index is 1.13. The number of aliphatic hydroxyl groups is 1. The van der Waals surface area contributed by atoms with Crippen LogP contribution in [0.2, 0.25) is 0 Å². The second kappa shape index (κ2) is 8.84. The van der Waals surface area contributed by atoms with Gasteiger partial charge in [-0.15, -0.1) is 0 Å². The topological polar surface area (TPSA) is 75.9 Å². The molecule has 0 amide bonds. The summed E-state index contributed by atoms with van der Waals surface area (Å²) < 4.78 is 2.13. The molecule has 6 heteroatoms. The molecule has 6 nitrogen and oxygen atoms in total. The van der Waals surface area contributed by atoms with E-state index < -0.39 is 0 Å². The molecule has 2 aliphatic rings. The van der Waals surface area contributed by atoms with E-state index in [1.54, 1.807) is 12.4 Å². The maximum Gasteiger partial charge on any atom is 0.144 e. The lowest BCUT2D eigenvalue weighted by molar-refractivity contribution is 0.136. The molecular formula is C28H31N5O. The number of nitrogens with one attached hydrogen (secondary N) is 1. The highest BCUT2D eigenvalue weighted by Crippen LogP contribution is 2.39. The fourth-order valence-electron chi connectivity index (χ4n) is 5.41. The summed E-state index contributed by atoms with van der Waals surface area (Å²) in [4.78, 5) is 13.6. The van der Waals surface area contributed by atoms with Gasteiger partial charge < -0.3 is 15.0 Å². The van der Waals surface area contributed by atoms with Gasteiger partial charge in [0.1, 0.15) is 17.8 Å². The molecule has 3 aromatic heterocycles. The van der Waals surface area contributed by atoms with Gasteiger partial charge in [0, 0.05) is 23.5 Å². The van der Waals surface area contributed by atoms with Gasteiger partial charge >= 0.3 is 0 Å². The molecule has 174 valence electrons. The third kappa shape index (κ3) is 4.18. The third-order valence-electron chi connectivity index (χ3n) is 7.55. The largest absolute Gasteiger partial charge is 0.391 e. The number of nitrogens with zero attached hydrogens (tertiary/aromatic N) is 4. The Morgan fingerprint density at radius 1 is 1.09 bits per heavy atom. The van der Waals surface area contributed by atoms with E-state index >= 15 is 0 Å². The number of fused-ring (bicyclic) bond motifs is 2. The highest BCUT2D eigenvalue weighted by molar-refractivity contribution is 5.84. The molecular weight excluding hydrogens is 422 g/mol. The molecule has 2 fully saturated rings. The van der Waals surface area contributed by atoms with E-state index in [-0.39, 0.29) is 12.1 Å². The Morgan fingerprint density at radius 3 is 2.82 bits per heavy atom. The molecule has 3 atom stereocenters. The molecule has 3 heterocycles. The maximum atomic E-state index is 10.9. The molecule has 1 aromatic carbocycles. The van der Waals surface area contributed by atoms with Crippen molar-refractivity contribution in [2.75, 3.05) is 11.9 Å². The number of anilines is 1. The summed E-state index contributed by atoms with van der Waals surface area (Å²) in [5, 5.41) is 16.5. The van der Waals surface area contributed by atoms with Crippen LogP contribution in [0.15, 0.2) is 55.5 Å². The number of hydrogen-bond donors (Lipinski definition) is 2. The Morgan fingerprint density at radius 2 is 1.97 bits per heavy atom. The Kier molecular flexibility index (Phi) is 5.53. The molecule has 2 saturated carbocycles. The van der Waals surface area contributed by atoms with Crippen LogP contribution in [0.1, 0.15) is 49.4 Å². The highest BCUT2D eigenvalue weighted by atomic mass is 16.3. The minimum atomic E-state index is -0.360. The summed E-state index contributed by atoms with van der Waals surface area (Å²) in [6.45, 7) is 4.88. The molecule has 4 aromatic rings. The van der Waals surface area contributed by atoms with Crippen molar-refractivity contribution in [3.8, 4) is 0 Å². The molecule has 34 heavy (non-hydrogen) atoms.